The van der Waals surface area contributed by atoms with Crippen LogP contribution >= 0.6 is 22.9 Å². The number of aromatic nitrogens is 1. The zero-order valence-electron chi connectivity index (χ0n) is 15.2. The number of amides is 1. The molecule has 26 heavy (non-hydrogen) atoms. The Bertz CT molecular complexity index is 869. The van der Waals surface area contributed by atoms with Crippen LogP contribution in [0.3, 0.4) is 0 Å². The summed E-state index contributed by atoms with van der Waals surface area (Å²) in [5.41, 5.74) is 2.08. The summed E-state index contributed by atoms with van der Waals surface area (Å²) in [7, 11) is 0. The molecule has 1 aromatic carbocycles. The van der Waals surface area contributed by atoms with E-state index in [-0.39, 0.29) is 5.91 Å². The fourth-order valence-electron chi connectivity index (χ4n) is 3.13. The Morgan fingerprint density at radius 2 is 2.04 bits per heavy atom. The van der Waals surface area contributed by atoms with Crippen LogP contribution in [-0.4, -0.2) is 41.6 Å². The third kappa shape index (κ3) is 4.29. The highest BCUT2D eigenvalue weighted by molar-refractivity contribution is 7.13. The van der Waals surface area contributed by atoms with Crippen LogP contribution < -0.4 is 5.32 Å². The highest BCUT2D eigenvalue weighted by Crippen LogP contribution is 2.32. The number of carbonyl (C=O) groups excluding carboxylic acids is 1. The number of hydrogen-bond donors (Lipinski definition) is 1. The maximum Gasteiger partial charge on any atom is 0.240 e. The van der Waals surface area contributed by atoms with Crippen molar-refractivity contribution >= 4 is 39.7 Å². The van der Waals surface area contributed by atoms with Gasteiger partial charge in [0.25, 0.3) is 0 Å². The normalized spacial score (nSPS) is 11.4. The summed E-state index contributed by atoms with van der Waals surface area (Å²) >= 11 is 7.82. The van der Waals surface area contributed by atoms with Crippen molar-refractivity contribution in [2.75, 3.05) is 26.2 Å². The molecule has 2 heterocycles. The first-order chi connectivity index (χ1) is 12.6. The minimum atomic E-state index is 0.0300. The third-order valence-corrected chi connectivity index (χ3v) is 5.71. The molecule has 2 aromatic heterocycles. The first-order valence-electron chi connectivity index (χ1n) is 8.94. The summed E-state index contributed by atoms with van der Waals surface area (Å²) in [6, 6.07) is 12.0. The number of nitrogens with one attached hydrogen (secondary N) is 1. The van der Waals surface area contributed by atoms with Crippen molar-refractivity contribution in [2.45, 2.75) is 20.4 Å². The van der Waals surface area contributed by atoms with Crippen molar-refractivity contribution in [1.29, 1.82) is 0 Å². The van der Waals surface area contributed by atoms with Gasteiger partial charge in [-0.3, -0.25) is 4.79 Å². The van der Waals surface area contributed by atoms with Gasteiger partial charge in [-0.05, 0) is 48.8 Å². The van der Waals surface area contributed by atoms with E-state index in [1.807, 2.05) is 24.3 Å². The lowest BCUT2D eigenvalue weighted by Gasteiger charge is -2.18. The fourth-order valence-corrected chi connectivity index (χ4v) is 4.06. The fraction of sp³-hybridized carbons (Fsp3) is 0.350. The highest BCUT2D eigenvalue weighted by Gasteiger charge is 2.14. The van der Waals surface area contributed by atoms with Crippen LogP contribution in [0.15, 0.2) is 41.8 Å². The van der Waals surface area contributed by atoms with Gasteiger partial charge in [0.2, 0.25) is 5.91 Å². The lowest BCUT2D eigenvalue weighted by molar-refractivity contribution is -0.121. The van der Waals surface area contributed by atoms with E-state index in [9.17, 15) is 4.79 Å². The zero-order valence-corrected chi connectivity index (χ0v) is 16.7. The van der Waals surface area contributed by atoms with E-state index in [0.29, 0.717) is 18.1 Å². The van der Waals surface area contributed by atoms with E-state index < -0.39 is 0 Å². The molecule has 0 aliphatic heterocycles. The number of benzene rings is 1. The van der Waals surface area contributed by atoms with E-state index in [4.69, 9.17) is 11.6 Å². The molecule has 138 valence electrons. The number of rotatable bonds is 8. The average molecular weight is 390 g/mol. The molecule has 0 unspecified atom stereocenters. The first-order valence-corrected chi connectivity index (χ1v) is 10.2. The zero-order chi connectivity index (χ0) is 18.5. The van der Waals surface area contributed by atoms with Crippen molar-refractivity contribution in [3.8, 4) is 10.6 Å². The van der Waals surface area contributed by atoms with Crippen molar-refractivity contribution in [2.24, 2.45) is 0 Å². The van der Waals surface area contributed by atoms with Crippen LogP contribution in [0, 0.1) is 0 Å². The Morgan fingerprint density at radius 1 is 1.23 bits per heavy atom. The van der Waals surface area contributed by atoms with E-state index in [1.54, 1.807) is 11.3 Å². The molecule has 3 aromatic rings. The Kier molecular flexibility index (Phi) is 6.35. The Labute approximate surface area is 163 Å². The van der Waals surface area contributed by atoms with E-state index in [0.717, 1.165) is 41.1 Å². The van der Waals surface area contributed by atoms with Crippen LogP contribution in [0.1, 0.15) is 13.8 Å². The van der Waals surface area contributed by atoms with Gasteiger partial charge in [-0.25, -0.2) is 0 Å². The smallest absolute Gasteiger partial charge is 0.240 e. The van der Waals surface area contributed by atoms with Crippen LogP contribution in [0.25, 0.3) is 21.5 Å². The Balaban J connectivity index is 1.80. The molecule has 0 atom stereocenters. The largest absolute Gasteiger partial charge is 0.353 e. The molecule has 0 aliphatic rings. The van der Waals surface area contributed by atoms with Crippen LogP contribution in [0.5, 0.6) is 0 Å². The molecule has 0 spiro atoms. The number of fused-ring (bicyclic) bond motifs is 1. The molecular formula is C20H24ClN3OS. The maximum atomic E-state index is 12.5. The van der Waals surface area contributed by atoms with Gasteiger partial charge in [0.05, 0.1) is 10.6 Å². The second-order valence-electron chi connectivity index (χ2n) is 6.17. The molecule has 1 amide bonds. The van der Waals surface area contributed by atoms with E-state index >= 15 is 0 Å². The van der Waals surface area contributed by atoms with Gasteiger partial charge in [0, 0.05) is 29.0 Å². The van der Waals surface area contributed by atoms with Gasteiger partial charge >= 0.3 is 0 Å². The molecule has 0 fully saturated rings. The molecule has 0 saturated carbocycles. The molecule has 0 aliphatic carbocycles. The molecule has 0 saturated heterocycles. The second-order valence-corrected chi connectivity index (χ2v) is 7.56. The molecule has 4 nitrogen and oxygen atoms in total. The van der Waals surface area contributed by atoms with Gasteiger partial charge < -0.3 is 14.8 Å². The summed E-state index contributed by atoms with van der Waals surface area (Å²) in [5, 5.41) is 6.85. The minimum absolute atomic E-state index is 0.0300. The molecule has 1 N–H and O–H groups in total. The number of nitrogens with zero attached hydrogens (tertiary/aromatic N) is 2. The van der Waals surface area contributed by atoms with Crippen LogP contribution in [-0.2, 0) is 11.3 Å². The van der Waals surface area contributed by atoms with E-state index in [2.05, 4.69) is 46.1 Å². The molecule has 0 radical (unpaired) electrons. The van der Waals surface area contributed by atoms with Crippen molar-refractivity contribution in [3.63, 3.8) is 0 Å². The quantitative estimate of drug-likeness (QED) is 0.616. The predicted octanol–water partition coefficient (Wildman–Crippen LogP) is 4.48. The van der Waals surface area contributed by atoms with Crippen LogP contribution in [0.4, 0.5) is 0 Å². The van der Waals surface area contributed by atoms with Gasteiger partial charge in [-0.1, -0.05) is 31.5 Å². The number of thiophene rings is 1. The van der Waals surface area contributed by atoms with Gasteiger partial charge in [0.1, 0.15) is 6.54 Å². The average Bonchev–Trinajstić information content (AvgIpc) is 3.26. The predicted molar refractivity (Wildman–Crippen MR) is 111 cm³/mol. The van der Waals surface area contributed by atoms with E-state index in [1.165, 1.54) is 0 Å². The van der Waals surface area contributed by atoms with Gasteiger partial charge in [0.15, 0.2) is 0 Å². The van der Waals surface area contributed by atoms with Crippen molar-refractivity contribution < 1.29 is 4.79 Å². The number of likely N-dealkylation sites (N-methyl/N-ethyl adjacent to an activating group) is 1. The number of halogens is 1. The Morgan fingerprint density at radius 3 is 2.73 bits per heavy atom. The summed E-state index contributed by atoms with van der Waals surface area (Å²) in [6.07, 6.45) is 0. The number of hydrogen-bond acceptors (Lipinski definition) is 3. The van der Waals surface area contributed by atoms with Crippen molar-refractivity contribution in [3.05, 3.63) is 46.8 Å². The lowest BCUT2D eigenvalue weighted by Crippen LogP contribution is -2.36. The summed E-state index contributed by atoms with van der Waals surface area (Å²) in [4.78, 5) is 16.0. The number of carbonyl (C=O) groups is 1. The summed E-state index contributed by atoms with van der Waals surface area (Å²) in [5.74, 6) is 0.0300. The monoisotopic (exact) mass is 389 g/mol. The maximum absolute atomic E-state index is 12.5. The molecule has 6 heteroatoms. The summed E-state index contributed by atoms with van der Waals surface area (Å²) in [6.45, 7) is 8.11. The Hall–Kier alpha value is -1.82. The van der Waals surface area contributed by atoms with Crippen LogP contribution in [0.2, 0.25) is 5.02 Å². The van der Waals surface area contributed by atoms with Gasteiger partial charge in [-0.15, -0.1) is 11.3 Å². The molecular weight excluding hydrogens is 366 g/mol. The minimum Gasteiger partial charge on any atom is -0.353 e. The molecule has 0 bridgehead atoms. The second kappa shape index (κ2) is 8.71. The molecule has 3 rings (SSSR count). The topological polar surface area (TPSA) is 37.3 Å². The standard InChI is InChI=1S/C20H24ClN3OS/c1-3-23(4-2)10-9-22-20(25)14-24-17-8-7-16(21)12-15(17)13-18(24)19-6-5-11-26-19/h5-8,11-13H,3-4,9-10,14H2,1-2H3,(H,22,25). The lowest BCUT2D eigenvalue weighted by atomic mass is 10.2. The highest BCUT2D eigenvalue weighted by atomic mass is 35.5. The summed E-state index contributed by atoms with van der Waals surface area (Å²) < 4.78 is 2.07. The van der Waals surface area contributed by atoms with Crippen molar-refractivity contribution in [1.82, 2.24) is 14.8 Å². The SMILES string of the molecule is CCN(CC)CCNC(=O)Cn1c(-c2cccs2)cc2cc(Cl)ccc21. The first kappa shape index (κ1) is 19.0. The third-order valence-electron chi connectivity index (χ3n) is 4.58. The van der Waals surface area contributed by atoms with Gasteiger partial charge in [-0.2, -0.15) is 0 Å².